The minimum atomic E-state index is 0.604. The molecular formula is C4H9N3. The van der Waals surface area contributed by atoms with Crippen molar-refractivity contribution in [3.8, 4) is 0 Å². The quantitative estimate of drug-likeness (QED) is 0.362. The van der Waals surface area contributed by atoms with E-state index >= 15 is 0 Å². The number of nitrogens with zero attached hydrogens (tertiary/aromatic N) is 3. The molecule has 0 spiro atoms. The van der Waals surface area contributed by atoms with Crippen LogP contribution in [0.4, 0.5) is 0 Å². The van der Waals surface area contributed by atoms with Gasteiger partial charge in [0.1, 0.15) is 0 Å². The van der Waals surface area contributed by atoms with Gasteiger partial charge in [-0.2, -0.15) is 10.2 Å². The largest absolute Gasteiger partial charge is 0.299 e. The predicted octanol–water partition coefficient (Wildman–Crippen LogP) is 0.769. The van der Waals surface area contributed by atoms with E-state index in [2.05, 4.69) is 15.2 Å². The normalized spacial score (nSPS) is 11.7. The van der Waals surface area contributed by atoms with E-state index in [1.54, 1.807) is 20.3 Å². The van der Waals surface area contributed by atoms with Crippen LogP contribution in [0.25, 0.3) is 0 Å². The third kappa shape index (κ3) is 5.27. The van der Waals surface area contributed by atoms with Gasteiger partial charge in [0, 0.05) is 20.3 Å². The van der Waals surface area contributed by atoms with Crippen LogP contribution in [-0.2, 0) is 0 Å². The van der Waals surface area contributed by atoms with E-state index in [0.29, 0.717) is 6.54 Å². The summed E-state index contributed by atoms with van der Waals surface area (Å²) in [6.45, 7) is 0.604. The Morgan fingerprint density at radius 1 is 1.43 bits per heavy atom. The average Bonchev–Trinajstić information content (AvgIpc) is 1.69. The average molecular weight is 99.1 g/mol. The van der Waals surface area contributed by atoms with Crippen molar-refractivity contribution in [2.24, 2.45) is 15.2 Å². The molecule has 0 saturated carbocycles. The third-order valence-corrected chi connectivity index (χ3v) is 0.487. The van der Waals surface area contributed by atoms with Gasteiger partial charge < -0.3 is 0 Å². The Labute approximate surface area is 43.2 Å². The molecule has 0 aliphatic rings. The van der Waals surface area contributed by atoms with E-state index in [0.717, 1.165) is 0 Å². The Morgan fingerprint density at radius 2 is 2.14 bits per heavy atom. The maximum atomic E-state index is 3.69. The zero-order chi connectivity index (χ0) is 5.54. The van der Waals surface area contributed by atoms with Crippen molar-refractivity contribution in [2.75, 3.05) is 20.6 Å². The summed E-state index contributed by atoms with van der Waals surface area (Å²) in [5.74, 6) is 0. The lowest BCUT2D eigenvalue weighted by atomic mass is 10.7. The topological polar surface area (TPSA) is 37.1 Å². The second-order valence-electron chi connectivity index (χ2n) is 0.965. The zero-order valence-corrected chi connectivity index (χ0v) is 4.63. The van der Waals surface area contributed by atoms with E-state index in [4.69, 9.17) is 0 Å². The maximum absolute atomic E-state index is 3.69. The van der Waals surface area contributed by atoms with Crippen LogP contribution < -0.4 is 0 Å². The molecule has 0 aliphatic carbocycles. The van der Waals surface area contributed by atoms with Crippen molar-refractivity contribution in [2.45, 2.75) is 0 Å². The van der Waals surface area contributed by atoms with Gasteiger partial charge in [-0.25, -0.2) is 0 Å². The van der Waals surface area contributed by atoms with Gasteiger partial charge in [0.15, 0.2) is 0 Å². The van der Waals surface area contributed by atoms with E-state index in [1.807, 2.05) is 0 Å². The lowest BCUT2D eigenvalue weighted by Crippen LogP contribution is -1.76. The first kappa shape index (κ1) is 6.27. The van der Waals surface area contributed by atoms with Gasteiger partial charge in [-0.1, -0.05) is 0 Å². The monoisotopic (exact) mass is 99.1 g/mol. The van der Waals surface area contributed by atoms with E-state index in [1.165, 1.54) is 0 Å². The van der Waals surface area contributed by atoms with Crippen LogP contribution in [0.2, 0.25) is 0 Å². The van der Waals surface area contributed by atoms with Gasteiger partial charge in [-0.3, -0.25) is 4.99 Å². The molecule has 0 amide bonds. The molecule has 0 aliphatic heterocycles. The highest BCUT2D eigenvalue weighted by molar-refractivity contribution is 5.59. The molecule has 0 rings (SSSR count). The van der Waals surface area contributed by atoms with Crippen LogP contribution in [0.1, 0.15) is 0 Å². The molecule has 0 unspecified atom stereocenters. The Morgan fingerprint density at radius 3 is 2.57 bits per heavy atom. The van der Waals surface area contributed by atoms with Crippen molar-refractivity contribution in [3.05, 3.63) is 0 Å². The number of aliphatic imine (C=N–C) groups is 1. The molecule has 0 heterocycles. The second-order valence-corrected chi connectivity index (χ2v) is 0.965. The van der Waals surface area contributed by atoms with Crippen LogP contribution in [0, 0.1) is 0 Å². The fourth-order valence-electron chi connectivity index (χ4n) is 0.200. The molecule has 3 nitrogen and oxygen atoms in total. The molecule has 0 radical (unpaired) electrons. The van der Waals surface area contributed by atoms with Gasteiger partial charge in [0.05, 0.1) is 6.54 Å². The number of hydrogen-bond donors (Lipinski definition) is 0. The Bertz CT molecular complexity index is 65.0. The predicted molar refractivity (Wildman–Crippen MR) is 30.1 cm³/mol. The Kier molecular flexibility index (Phi) is 4.72. The first-order chi connectivity index (χ1) is 3.41. The van der Waals surface area contributed by atoms with Crippen LogP contribution in [-0.4, -0.2) is 26.9 Å². The van der Waals surface area contributed by atoms with Crippen molar-refractivity contribution in [1.82, 2.24) is 0 Å². The van der Waals surface area contributed by atoms with Crippen LogP contribution in [0.5, 0.6) is 0 Å². The molecule has 0 N–H and O–H groups in total. The van der Waals surface area contributed by atoms with E-state index in [9.17, 15) is 0 Å². The molecule has 0 atom stereocenters. The number of rotatable bonds is 2. The Balaban J connectivity index is 2.98. The first-order valence-corrected chi connectivity index (χ1v) is 2.08. The summed E-state index contributed by atoms with van der Waals surface area (Å²) < 4.78 is 0. The summed E-state index contributed by atoms with van der Waals surface area (Å²) in [4.78, 5) is 3.69. The lowest BCUT2D eigenvalue weighted by Gasteiger charge is -1.73. The minimum Gasteiger partial charge on any atom is -0.299 e. The standard InChI is InChI=1S/C4H9N3/c1-5-3-4-7-6-2/h3H,4H2,1-2H3. The fraction of sp³-hybridized carbons (Fsp3) is 0.750. The smallest absolute Gasteiger partial charge is 0.0946 e. The molecule has 0 aromatic carbocycles. The maximum Gasteiger partial charge on any atom is 0.0946 e. The summed E-state index contributed by atoms with van der Waals surface area (Å²) in [5.41, 5.74) is 0. The second kappa shape index (κ2) is 5.27. The van der Waals surface area contributed by atoms with E-state index in [-0.39, 0.29) is 0 Å². The van der Waals surface area contributed by atoms with Crippen LogP contribution in [0.3, 0.4) is 0 Å². The fourth-order valence-corrected chi connectivity index (χ4v) is 0.200. The van der Waals surface area contributed by atoms with Crippen molar-refractivity contribution in [3.63, 3.8) is 0 Å². The molecule has 0 saturated heterocycles. The summed E-state index contributed by atoms with van der Waals surface area (Å²) >= 11 is 0. The van der Waals surface area contributed by atoms with Crippen LogP contribution >= 0.6 is 0 Å². The van der Waals surface area contributed by atoms with Gasteiger partial charge in [-0.05, 0) is 0 Å². The zero-order valence-electron chi connectivity index (χ0n) is 4.63. The van der Waals surface area contributed by atoms with Gasteiger partial charge in [0.25, 0.3) is 0 Å². The first-order valence-electron chi connectivity index (χ1n) is 2.08. The van der Waals surface area contributed by atoms with Crippen molar-refractivity contribution < 1.29 is 0 Å². The van der Waals surface area contributed by atoms with Crippen molar-refractivity contribution >= 4 is 6.21 Å². The minimum absolute atomic E-state index is 0.604. The molecule has 7 heavy (non-hydrogen) atoms. The summed E-state index contributed by atoms with van der Waals surface area (Å²) in [5, 5.41) is 7.14. The SMILES string of the molecule is CN=CCN=NC. The van der Waals surface area contributed by atoms with Gasteiger partial charge >= 0.3 is 0 Å². The molecule has 40 valence electrons. The highest BCUT2D eigenvalue weighted by Gasteiger charge is 1.63. The molecular weight excluding hydrogens is 90.1 g/mol. The summed E-state index contributed by atoms with van der Waals surface area (Å²) in [6.07, 6.45) is 1.70. The summed E-state index contributed by atoms with van der Waals surface area (Å²) in [7, 11) is 3.36. The van der Waals surface area contributed by atoms with E-state index < -0.39 is 0 Å². The lowest BCUT2D eigenvalue weighted by molar-refractivity contribution is 1.06. The number of azo groups is 1. The molecule has 0 aromatic rings. The van der Waals surface area contributed by atoms with Gasteiger partial charge in [0.2, 0.25) is 0 Å². The molecule has 0 bridgehead atoms. The molecule has 0 aromatic heterocycles. The van der Waals surface area contributed by atoms with Crippen molar-refractivity contribution in [1.29, 1.82) is 0 Å². The highest BCUT2D eigenvalue weighted by Crippen LogP contribution is 1.64. The summed E-state index contributed by atoms with van der Waals surface area (Å²) in [6, 6.07) is 0. The highest BCUT2D eigenvalue weighted by atomic mass is 15.1. The van der Waals surface area contributed by atoms with Gasteiger partial charge in [-0.15, -0.1) is 0 Å². The molecule has 0 fully saturated rings. The molecule has 3 heteroatoms. The third-order valence-electron chi connectivity index (χ3n) is 0.487. The Hall–Kier alpha value is -0.730. The van der Waals surface area contributed by atoms with Crippen LogP contribution in [0.15, 0.2) is 15.2 Å². The number of hydrogen-bond acceptors (Lipinski definition) is 3.